The van der Waals surface area contributed by atoms with Crippen molar-refractivity contribution in [1.29, 1.82) is 0 Å². The van der Waals surface area contributed by atoms with Gasteiger partial charge in [-0.3, -0.25) is 4.90 Å². The summed E-state index contributed by atoms with van der Waals surface area (Å²) in [4.78, 5) is 16.4. The molecule has 0 aromatic heterocycles. The maximum Gasteiger partial charge on any atom is 0.410 e. The van der Waals surface area contributed by atoms with Crippen LogP contribution in [-0.4, -0.2) is 46.2 Å². The van der Waals surface area contributed by atoms with Gasteiger partial charge in [-0.15, -0.1) is 0 Å². The van der Waals surface area contributed by atoms with Crippen LogP contribution in [0.1, 0.15) is 16.7 Å². The Hall–Kier alpha value is -2.57. The summed E-state index contributed by atoms with van der Waals surface area (Å²) in [5.41, 5.74) is 3.03. The number of halogens is 2. The van der Waals surface area contributed by atoms with E-state index in [-0.39, 0.29) is 19.2 Å². The summed E-state index contributed by atoms with van der Waals surface area (Å²) in [5, 5.41) is 11.9. The lowest BCUT2D eigenvalue weighted by atomic mass is 10.1. The summed E-state index contributed by atoms with van der Waals surface area (Å²) in [6.07, 6.45) is -1.12. The van der Waals surface area contributed by atoms with Crippen molar-refractivity contribution in [3.8, 4) is 0 Å². The zero-order chi connectivity index (χ0) is 23.2. The summed E-state index contributed by atoms with van der Waals surface area (Å²) < 4.78 is 5.48. The number of ether oxygens (including phenoxy) is 1. The Morgan fingerprint density at radius 1 is 0.879 bits per heavy atom. The number of hydrogen-bond donors (Lipinski definition) is 1. The number of amides is 1. The summed E-state index contributed by atoms with van der Waals surface area (Å²) in [6.45, 7) is 1.98. The van der Waals surface area contributed by atoms with Crippen molar-refractivity contribution in [2.45, 2.75) is 31.8 Å². The number of nitrogens with zero attached hydrogens (tertiary/aromatic N) is 2. The minimum Gasteiger partial charge on any atom is -0.445 e. The lowest BCUT2D eigenvalue weighted by Crippen LogP contribution is -2.42. The monoisotopic (exact) mass is 484 g/mol. The van der Waals surface area contributed by atoms with E-state index >= 15 is 0 Å². The van der Waals surface area contributed by atoms with Crippen molar-refractivity contribution in [2.75, 3.05) is 13.1 Å². The van der Waals surface area contributed by atoms with Gasteiger partial charge in [-0.1, -0.05) is 89.9 Å². The second kappa shape index (κ2) is 11.0. The number of carbonyl (C=O) groups excluding carboxylic acids is 1. The first kappa shape index (κ1) is 23.6. The molecule has 0 aliphatic carbocycles. The first-order valence-corrected chi connectivity index (χ1v) is 11.6. The van der Waals surface area contributed by atoms with E-state index in [1.54, 1.807) is 11.0 Å². The first-order chi connectivity index (χ1) is 16.0. The normalized spacial score (nSPS) is 18.0. The van der Waals surface area contributed by atoms with Crippen LogP contribution in [0.3, 0.4) is 0 Å². The van der Waals surface area contributed by atoms with Crippen molar-refractivity contribution in [2.24, 2.45) is 0 Å². The molecule has 1 heterocycles. The smallest absolute Gasteiger partial charge is 0.410 e. The van der Waals surface area contributed by atoms with Crippen molar-refractivity contribution in [3.63, 3.8) is 0 Å². The number of aliphatic hydroxyl groups excluding tert-OH is 1. The van der Waals surface area contributed by atoms with Gasteiger partial charge in [0.25, 0.3) is 0 Å². The molecule has 7 heteroatoms. The molecule has 1 fully saturated rings. The number of carbonyl (C=O) groups is 1. The predicted octanol–water partition coefficient (Wildman–Crippen LogP) is 5.38. The third-order valence-corrected chi connectivity index (χ3v) is 6.53. The molecule has 0 spiro atoms. The van der Waals surface area contributed by atoms with E-state index in [2.05, 4.69) is 17.0 Å². The third kappa shape index (κ3) is 6.27. The molecule has 4 rings (SSSR count). The summed E-state index contributed by atoms with van der Waals surface area (Å²) in [6, 6.07) is 24.9. The molecule has 33 heavy (non-hydrogen) atoms. The maximum atomic E-state index is 12.7. The van der Waals surface area contributed by atoms with Crippen molar-refractivity contribution in [3.05, 3.63) is 106 Å². The maximum absolute atomic E-state index is 12.7. The highest BCUT2D eigenvalue weighted by Crippen LogP contribution is 2.26. The SMILES string of the molecule is O=C(OCc1ccccc1)N1C[C@@H](O)[C@H](N(Cc2ccccc2)Cc2ccc(Cl)c(Cl)c2)C1. The average Bonchev–Trinajstić information content (AvgIpc) is 3.22. The van der Waals surface area contributed by atoms with Gasteiger partial charge in [-0.05, 0) is 28.8 Å². The van der Waals surface area contributed by atoms with Crippen LogP contribution in [0, 0.1) is 0 Å². The molecule has 1 aliphatic rings. The van der Waals surface area contributed by atoms with Crippen LogP contribution >= 0.6 is 23.2 Å². The molecular formula is C26H26Cl2N2O3. The quantitative estimate of drug-likeness (QED) is 0.489. The predicted molar refractivity (Wildman–Crippen MR) is 130 cm³/mol. The number of hydrogen-bond acceptors (Lipinski definition) is 4. The first-order valence-electron chi connectivity index (χ1n) is 10.8. The lowest BCUT2D eigenvalue weighted by molar-refractivity contribution is 0.0728. The van der Waals surface area contributed by atoms with Crippen LogP contribution in [0.5, 0.6) is 0 Å². The third-order valence-electron chi connectivity index (χ3n) is 5.79. The van der Waals surface area contributed by atoms with E-state index in [0.29, 0.717) is 29.7 Å². The number of rotatable bonds is 7. The molecule has 0 bridgehead atoms. The molecule has 3 aromatic rings. The largest absolute Gasteiger partial charge is 0.445 e. The van der Waals surface area contributed by atoms with E-state index in [4.69, 9.17) is 27.9 Å². The van der Waals surface area contributed by atoms with E-state index in [1.807, 2.05) is 60.7 Å². The zero-order valence-electron chi connectivity index (χ0n) is 18.1. The van der Waals surface area contributed by atoms with Crippen LogP contribution in [0.4, 0.5) is 4.79 Å². The summed E-state index contributed by atoms with van der Waals surface area (Å²) in [7, 11) is 0. The molecule has 2 atom stereocenters. The Morgan fingerprint density at radius 2 is 1.52 bits per heavy atom. The highest BCUT2D eigenvalue weighted by Gasteiger charge is 2.38. The number of benzene rings is 3. The van der Waals surface area contributed by atoms with Gasteiger partial charge >= 0.3 is 6.09 Å². The van der Waals surface area contributed by atoms with E-state index in [0.717, 1.165) is 16.7 Å². The van der Waals surface area contributed by atoms with Crippen molar-refractivity contribution < 1.29 is 14.6 Å². The topological polar surface area (TPSA) is 53.0 Å². The van der Waals surface area contributed by atoms with Gasteiger partial charge < -0.3 is 14.7 Å². The summed E-state index contributed by atoms with van der Waals surface area (Å²) in [5.74, 6) is 0. The molecule has 1 amide bonds. The molecule has 0 saturated carbocycles. The van der Waals surface area contributed by atoms with Crippen LogP contribution in [0.25, 0.3) is 0 Å². The highest BCUT2D eigenvalue weighted by molar-refractivity contribution is 6.42. The molecule has 3 aromatic carbocycles. The average molecular weight is 485 g/mol. The van der Waals surface area contributed by atoms with E-state index in [1.165, 1.54) is 0 Å². The van der Waals surface area contributed by atoms with Crippen LogP contribution in [0.15, 0.2) is 78.9 Å². The molecule has 1 aliphatic heterocycles. The lowest BCUT2D eigenvalue weighted by Gasteiger charge is -2.31. The fourth-order valence-electron chi connectivity index (χ4n) is 4.07. The Labute approximate surface area is 204 Å². The van der Waals surface area contributed by atoms with Crippen molar-refractivity contribution >= 4 is 29.3 Å². The standard InChI is InChI=1S/C26H26Cl2N2O3/c27-22-12-11-21(13-23(22)28)15-29(14-19-7-3-1-4-8-19)24-16-30(17-25(24)31)26(32)33-18-20-9-5-2-6-10-20/h1-13,24-25,31H,14-18H2/t24-,25-/m1/s1. The number of aliphatic hydroxyl groups is 1. The van der Waals surface area contributed by atoms with Crippen molar-refractivity contribution in [1.82, 2.24) is 9.80 Å². The summed E-state index contributed by atoms with van der Waals surface area (Å²) >= 11 is 12.3. The molecule has 1 N–H and O–H groups in total. The molecule has 0 unspecified atom stereocenters. The molecule has 172 valence electrons. The Morgan fingerprint density at radius 3 is 2.18 bits per heavy atom. The minimum atomic E-state index is -0.694. The fraction of sp³-hybridized carbons (Fsp3) is 0.269. The van der Waals surface area contributed by atoms with Crippen LogP contribution in [-0.2, 0) is 24.4 Å². The Bertz CT molecular complexity index is 1070. The van der Waals surface area contributed by atoms with Crippen LogP contribution in [0.2, 0.25) is 10.0 Å². The second-order valence-electron chi connectivity index (χ2n) is 8.22. The van der Waals surface area contributed by atoms with Gasteiger partial charge in [0.1, 0.15) is 6.61 Å². The molecule has 0 radical (unpaired) electrons. The van der Waals surface area contributed by atoms with Gasteiger partial charge in [0, 0.05) is 19.6 Å². The van der Waals surface area contributed by atoms with Gasteiger partial charge in [0.15, 0.2) is 0 Å². The van der Waals surface area contributed by atoms with Crippen LogP contribution < -0.4 is 0 Å². The van der Waals surface area contributed by atoms with Gasteiger partial charge in [-0.25, -0.2) is 4.79 Å². The number of likely N-dealkylation sites (tertiary alicyclic amines) is 1. The van der Waals surface area contributed by atoms with Gasteiger partial charge in [-0.2, -0.15) is 0 Å². The highest BCUT2D eigenvalue weighted by atomic mass is 35.5. The Kier molecular flexibility index (Phi) is 7.89. The second-order valence-corrected chi connectivity index (χ2v) is 9.03. The fourth-order valence-corrected chi connectivity index (χ4v) is 4.39. The Balaban J connectivity index is 1.46. The molecular weight excluding hydrogens is 459 g/mol. The molecule has 1 saturated heterocycles. The van der Waals surface area contributed by atoms with E-state index in [9.17, 15) is 9.90 Å². The zero-order valence-corrected chi connectivity index (χ0v) is 19.6. The van der Waals surface area contributed by atoms with E-state index < -0.39 is 12.2 Å². The van der Waals surface area contributed by atoms with Gasteiger partial charge in [0.2, 0.25) is 0 Å². The number of β-amino-alcohol motifs (C(OH)–C–C–N with tert-alkyl or cyclic N) is 1. The van der Waals surface area contributed by atoms with Gasteiger partial charge in [0.05, 0.1) is 28.7 Å². The minimum absolute atomic E-state index is 0.202. The molecule has 5 nitrogen and oxygen atoms in total.